The van der Waals surface area contributed by atoms with Gasteiger partial charge in [-0.2, -0.15) is 0 Å². The average molecular weight is 383 g/mol. The van der Waals surface area contributed by atoms with E-state index in [1.54, 1.807) is 49.2 Å². The molecular weight excluding hydrogens is 354 g/mol. The summed E-state index contributed by atoms with van der Waals surface area (Å²) in [7, 11) is 1.48. The first kappa shape index (κ1) is 22.7. The summed E-state index contributed by atoms with van der Waals surface area (Å²) in [6.45, 7) is 4.42. The molecular formula is C21H29N5O2. The number of nitrogens with one attached hydrogen (secondary N) is 1. The Kier molecular flexibility index (Phi) is 11.2. The second kappa shape index (κ2) is 13.8. The fraction of sp³-hybridized carbons (Fsp3) is 0.286. The van der Waals surface area contributed by atoms with E-state index in [9.17, 15) is 5.11 Å². The lowest BCUT2D eigenvalue weighted by molar-refractivity contribution is 0.373. The van der Waals surface area contributed by atoms with Gasteiger partial charge in [-0.3, -0.25) is 4.98 Å². The Morgan fingerprint density at radius 1 is 1.18 bits per heavy atom. The number of hydrogen-bond acceptors (Lipinski definition) is 5. The second-order valence-corrected chi connectivity index (χ2v) is 5.68. The molecule has 150 valence electrons. The maximum absolute atomic E-state index is 9.47. The minimum atomic E-state index is 0.0628. The number of rotatable bonds is 5. The highest BCUT2D eigenvalue weighted by Gasteiger charge is 2.03. The molecule has 0 aliphatic heterocycles. The fourth-order valence-corrected chi connectivity index (χ4v) is 2.02. The monoisotopic (exact) mass is 383 g/mol. The highest BCUT2D eigenvalue weighted by atomic mass is 16.5. The number of phenolic OH excluding ortho intramolecular Hbond substituents is 1. The van der Waals surface area contributed by atoms with Crippen molar-refractivity contribution in [3.63, 3.8) is 0 Å². The molecule has 2 aromatic heterocycles. The van der Waals surface area contributed by atoms with Gasteiger partial charge in [-0.05, 0) is 24.3 Å². The van der Waals surface area contributed by atoms with E-state index < -0.39 is 0 Å². The number of pyridine rings is 1. The first-order chi connectivity index (χ1) is 13.6. The van der Waals surface area contributed by atoms with Crippen LogP contribution in [-0.4, -0.2) is 33.0 Å². The van der Waals surface area contributed by atoms with Crippen LogP contribution in [0.4, 0.5) is 5.69 Å². The van der Waals surface area contributed by atoms with Gasteiger partial charge in [0.25, 0.3) is 0 Å². The molecule has 0 unspecified atom stereocenters. The van der Waals surface area contributed by atoms with E-state index >= 15 is 0 Å². The number of aliphatic imine (C=N–C) groups is 1. The van der Waals surface area contributed by atoms with Gasteiger partial charge >= 0.3 is 0 Å². The summed E-state index contributed by atoms with van der Waals surface area (Å²) in [4.78, 5) is 14.7. The van der Waals surface area contributed by atoms with Crippen molar-refractivity contribution in [3.8, 4) is 11.5 Å². The number of phenols is 1. The van der Waals surface area contributed by atoms with Gasteiger partial charge in [0.2, 0.25) is 0 Å². The number of hydrogen-bond donors (Lipinski definition) is 3. The Hall–Kier alpha value is -3.35. The van der Waals surface area contributed by atoms with Gasteiger partial charge in [0.15, 0.2) is 11.5 Å². The number of imidazole rings is 1. The zero-order valence-corrected chi connectivity index (χ0v) is 16.7. The summed E-state index contributed by atoms with van der Waals surface area (Å²) in [5.41, 5.74) is 7.03. The van der Waals surface area contributed by atoms with Gasteiger partial charge in [0, 0.05) is 24.7 Å². The molecule has 0 spiro atoms. The molecule has 0 radical (unpaired) electrons. The zero-order chi connectivity index (χ0) is 20.6. The molecule has 3 rings (SSSR count). The van der Waals surface area contributed by atoms with Gasteiger partial charge in [-0.1, -0.05) is 39.2 Å². The number of aromatic nitrogens is 3. The third kappa shape index (κ3) is 8.84. The number of methoxy groups -OCH3 is 1. The lowest BCUT2D eigenvalue weighted by Gasteiger charge is -2.04. The van der Waals surface area contributed by atoms with Crippen molar-refractivity contribution in [3.05, 3.63) is 67.0 Å². The number of nitrogens with zero attached hydrogens (tertiary/aromatic N) is 3. The summed E-state index contributed by atoms with van der Waals surface area (Å²) < 4.78 is 5.00. The lowest BCUT2D eigenvalue weighted by atomic mass is 10.2. The predicted octanol–water partition coefficient (Wildman–Crippen LogP) is 4.44. The Labute approximate surface area is 166 Å². The van der Waals surface area contributed by atoms with Crippen LogP contribution in [0.25, 0.3) is 0 Å². The molecule has 0 bridgehead atoms. The van der Waals surface area contributed by atoms with E-state index in [4.69, 9.17) is 10.5 Å². The number of ether oxygens (including phenoxy) is 1. The molecule has 28 heavy (non-hydrogen) atoms. The topological polar surface area (TPSA) is 109 Å². The minimum absolute atomic E-state index is 0.0628. The van der Waals surface area contributed by atoms with Crippen LogP contribution in [0, 0.1) is 0 Å². The standard InChI is InChI=1S/C13H13N3O2.C5H12.C3H4N2/c1-18-12-8-9(5-6-11(12)17)16-13(14)10-4-2-3-7-15-10;1-3-5-4-2;1-2-5-3-4-1/h2-8,17H,1H3,(H2,14,16);3-5H2,1-2H3;1-3H,(H,4,5). The van der Waals surface area contributed by atoms with Crippen LogP contribution < -0.4 is 10.5 Å². The van der Waals surface area contributed by atoms with Crippen molar-refractivity contribution in [1.29, 1.82) is 0 Å². The smallest absolute Gasteiger partial charge is 0.162 e. The zero-order valence-electron chi connectivity index (χ0n) is 16.7. The number of nitrogens with two attached hydrogens (primary N) is 1. The van der Waals surface area contributed by atoms with Gasteiger partial charge in [-0.25, -0.2) is 9.98 Å². The highest BCUT2D eigenvalue weighted by Crippen LogP contribution is 2.30. The van der Waals surface area contributed by atoms with E-state index in [1.807, 2.05) is 6.07 Å². The van der Waals surface area contributed by atoms with Crippen LogP contribution in [0.15, 0.2) is 66.3 Å². The minimum Gasteiger partial charge on any atom is -0.504 e. The molecule has 3 aromatic rings. The van der Waals surface area contributed by atoms with Crippen LogP contribution in [0.3, 0.4) is 0 Å². The molecule has 1 aromatic carbocycles. The molecule has 0 aliphatic rings. The molecule has 0 aliphatic carbocycles. The Morgan fingerprint density at radius 3 is 2.43 bits per heavy atom. The van der Waals surface area contributed by atoms with Crippen molar-refractivity contribution in [2.75, 3.05) is 7.11 Å². The quantitative estimate of drug-likeness (QED) is 0.446. The Morgan fingerprint density at radius 2 is 1.96 bits per heavy atom. The Balaban J connectivity index is 0.000000321. The largest absolute Gasteiger partial charge is 0.504 e. The molecule has 2 heterocycles. The van der Waals surface area contributed by atoms with Crippen molar-refractivity contribution in [1.82, 2.24) is 15.0 Å². The third-order valence-corrected chi connectivity index (χ3v) is 3.45. The van der Waals surface area contributed by atoms with Crippen molar-refractivity contribution >= 4 is 11.5 Å². The van der Waals surface area contributed by atoms with E-state index in [-0.39, 0.29) is 5.75 Å². The molecule has 7 nitrogen and oxygen atoms in total. The third-order valence-electron chi connectivity index (χ3n) is 3.45. The number of aromatic hydroxyl groups is 1. The number of benzene rings is 1. The summed E-state index contributed by atoms with van der Waals surface area (Å²) in [5, 5.41) is 9.47. The SMILES string of the molecule is CCCCC.COc1cc(N=C(N)c2ccccn2)ccc1O.c1c[nH]cn1. The van der Waals surface area contributed by atoms with Gasteiger partial charge in [0.05, 0.1) is 19.1 Å². The number of unbranched alkanes of at least 4 members (excludes halogenated alkanes) is 2. The molecule has 0 saturated carbocycles. The fourth-order valence-electron chi connectivity index (χ4n) is 2.02. The number of H-pyrrole nitrogens is 1. The average Bonchev–Trinajstić information content (AvgIpc) is 3.31. The van der Waals surface area contributed by atoms with Gasteiger partial charge < -0.3 is 20.6 Å². The molecule has 7 heteroatoms. The molecule has 4 N–H and O–H groups in total. The number of amidine groups is 1. The van der Waals surface area contributed by atoms with E-state index in [2.05, 4.69) is 33.8 Å². The summed E-state index contributed by atoms with van der Waals surface area (Å²) in [6.07, 6.45) is 10.8. The van der Waals surface area contributed by atoms with Crippen LogP contribution in [0.2, 0.25) is 0 Å². The van der Waals surface area contributed by atoms with Crippen LogP contribution in [0.1, 0.15) is 38.8 Å². The van der Waals surface area contributed by atoms with E-state index in [0.29, 0.717) is 23.0 Å². The maximum Gasteiger partial charge on any atom is 0.162 e. The van der Waals surface area contributed by atoms with Gasteiger partial charge in [0.1, 0.15) is 11.5 Å². The molecule has 0 atom stereocenters. The Bertz CT molecular complexity index is 771. The predicted molar refractivity (Wildman–Crippen MR) is 113 cm³/mol. The summed E-state index contributed by atoms with van der Waals surface area (Å²) >= 11 is 0. The normalized spacial score (nSPS) is 10.2. The second-order valence-electron chi connectivity index (χ2n) is 5.68. The van der Waals surface area contributed by atoms with Crippen molar-refractivity contribution in [2.24, 2.45) is 10.7 Å². The van der Waals surface area contributed by atoms with Crippen LogP contribution >= 0.6 is 0 Å². The highest BCUT2D eigenvalue weighted by molar-refractivity contribution is 5.97. The lowest BCUT2D eigenvalue weighted by Crippen LogP contribution is -2.14. The maximum atomic E-state index is 9.47. The van der Waals surface area contributed by atoms with Crippen molar-refractivity contribution in [2.45, 2.75) is 33.1 Å². The molecule has 0 amide bonds. The van der Waals surface area contributed by atoms with E-state index in [1.165, 1.54) is 32.4 Å². The number of aromatic amines is 1. The molecule has 0 fully saturated rings. The van der Waals surface area contributed by atoms with Crippen LogP contribution in [-0.2, 0) is 0 Å². The summed E-state index contributed by atoms with van der Waals surface area (Å²) in [5.74, 6) is 0.723. The van der Waals surface area contributed by atoms with Crippen LogP contribution in [0.5, 0.6) is 11.5 Å². The first-order valence-corrected chi connectivity index (χ1v) is 9.17. The van der Waals surface area contributed by atoms with E-state index in [0.717, 1.165) is 0 Å². The molecule has 0 saturated heterocycles. The van der Waals surface area contributed by atoms with Crippen molar-refractivity contribution < 1.29 is 9.84 Å². The van der Waals surface area contributed by atoms with Gasteiger partial charge in [-0.15, -0.1) is 0 Å². The first-order valence-electron chi connectivity index (χ1n) is 9.17. The summed E-state index contributed by atoms with van der Waals surface area (Å²) in [6, 6.07) is 10.2.